The van der Waals surface area contributed by atoms with Crippen molar-refractivity contribution in [2.45, 2.75) is 25.1 Å². The van der Waals surface area contributed by atoms with Gasteiger partial charge in [0, 0.05) is 48.7 Å². The molecule has 0 spiro atoms. The molecule has 0 bridgehead atoms. The molecule has 1 aromatic carbocycles. The summed E-state index contributed by atoms with van der Waals surface area (Å²) >= 11 is 3.25. The summed E-state index contributed by atoms with van der Waals surface area (Å²) < 4.78 is 38.4. The van der Waals surface area contributed by atoms with Gasteiger partial charge in [0.25, 0.3) is 0 Å². The molecule has 0 aromatic heterocycles. The van der Waals surface area contributed by atoms with E-state index in [1.807, 2.05) is 4.90 Å². The van der Waals surface area contributed by atoms with Crippen LogP contribution in [0, 0.1) is 0 Å². The third-order valence-corrected chi connectivity index (χ3v) is 4.14. The number of benzene rings is 1. The molecule has 2 rings (SSSR count). The highest BCUT2D eigenvalue weighted by Gasteiger charge is 2.32. The maximum Gasteiger partial charge on any atom is 0.389 e. The number of nitrogens with zero attached hydrogens (tertiary/aromatic N) is 1. The number of nitrogens with one attached hydrogen (secondary N) is 1. The van der Waals surface area contributed by atoms with Crippen LogP contribution >= 0.6 is 28.3 Å². The SMILES string of the molecule is Cl.Oc1cc(Br)ccc1[C@H](CCC(F)(F)F)N1CCNCC1. The number of hydrogen-bond acceptors (Lipinski definition) is 3. The van der Waals surface area contributed by atoms with Crippen molar-refractivity contribution in [2.75, 3.05) is 26.2 Å². The second-order valence-electron chi connectivity index (χ2n) is 5.16. The van der Waals surface area contributed by atoms with Gasteiger partial charge in [0.1, 0.15) is 5.75 Å². The molecule has 1 atom stereocenters. The summed E-state index contributed by atoms with van der Waals surface area (Å²) in [5, 5.41) is 13.3. The summed E-state index contributed by atoms with van der Waals surface area (Å²) in [6.07, 6.45) is -5.08. The number of phenols is 1. The highest BCUT2D eigenvalue weighted by Crippen LogP contribution is 2.36. The Balaban J connectivity index is 0.00000242. The fourth-order valence-corrected chi connectivity index (χ4v) is 2.98. The molecule has 1 aliphatic heterocycles. The van der Waals surface area contributed by atoms with Crippen molar-refractivity contribution < 1.29 is 18.3 Å². The van der Waals surface area contributed by atoms with Crippen LogP contribution < -0.4 is 5.32 Å². The second-order valence-corrected chi connectivity index (χ2v) is 6.07. The van der Waals surface area contributed by atoms with Gasteiger partial charge in [0.05, 0.1) is 0 Å². The van der Waals surface area contributed by atoms with Gasteiger partial charge in [-0.15, -0.1) is 12.4 Å². The largest absolute Gasteiger partial charge is 0.508 e. The van der Waals surface area contributed by atoms with E-state index in [1.54, 1.807) is 12.1 Å². The standard InChI is InChI=1S/C14H18BrF3N2O.ClH/c15-10-1-2-11(13(21)9-10)12(3-4-14(16,17)18)20-7-5-19-6-8-20;/h1-2,9,12,19,21H,3-8H2;1H/t12-;/m0./s1. The van der Waals surface area contributed by atoms with Crippen molar-refractivity contribution in [2.24, 2.45) is 0 Å². The molecule has 1 heterocycles. The van der Waals surface area contributed by atoms with E-state index < -0.39 is 18.6 Å². The number of rotatable bonds is 4. The molecule has 2 N–H and O–H groups in total. The van der Waals surface area contributed by atoms with E-state index in [2.05, 4.69) is 21.2 Å². The molecule has 0 radical (unpaired) electrons. The van der Waals surface area contributed by atoms with E-state index in [9.17, 15) is 18.3 Å². The van der Waals surface area contributed by atoms with Gasteiger partial charge in [-0.25, -0.2) is 0 Å². The third kappa shape index (κ3) is 5.61. The Hall–Kier alpha value is -0.500. The van der Waals surface area contributed by atoms with Gasteiger partial charge in [-0.05, 0) is 18.6 Å². The van der Waals surface area contributed by atoms with Crippen LogP contribution in [-0.4, -0.2) is 42.4 Å². The third-order valence-electron chi connectivity index (χ3n) is 3.65. The van der Waals surface area contributed by atoms with E-state index in [4.69, 9.17) is 0 Å². The van der Waals surface area contributed by atoms with Crippen molar-refractivity contribution in [3.8, 4) is 5.75 Å². The predicted octanol–water partition coefficient (Wildman–Crippen LogP) is 3.87. The number of alkyl halides is 3. The van der Waals surface area contributed by atoms with Crippen LogP contribution in [0.25, 0.3) is 0 Å². The number of halogens is 5. The Morgan fingerprint density at radius 3 is 2.45 bits per heavy atom. The minimum Gasteiger partial charge on any atom is -0.508 e. The monoisotopic (exact) mass is 402 g/mol. The Morgan fingerprint density at radius 2 is 1.91 bits per heavy atom. The Labute approximate surface area is 142 Å². The van der Waals surface area contributed by atoms with Crippen molar-refractivity contribution >= 4 is 28.3 Å². The van der Waals surface area contributed by atoms with Gasteiger partial charge in [-0.3, -0.25) is 4.90 Å². The van der Waals surface area contributed by atoms with Crippen molar-refractivity contribution in [1.29, 1.82) is 0 Å². The van der Waals surface area contributed by atoms with Crippen molar-refractivity contribution in [1.82, 2.24) is 10.2 Å². The molecule has 0 aliphatic carbocycles. The molecule has 22 heavy (non-hydrogen) atoms. The van der Waals surface area contributed by atoms with Gasteiger partial charge in [-0.1, -0.05) is 22.0 Å². The van der Waals surface area contributed by atoms with Crippen LogP contribution in [0.1, 0.15) is 24.4 Å². The van der Waals surface area contributed by atoms with E-state index in [0.29, 0.717) is 23.1 Å². The number of hydrogen-bond donors (Lipinski definition) is 2. The van der Waals surface area contributed by atoms with Gasteiger partial charge in [0.2, 0.25) is 0 Å². The highest BCUT2D eigenvalue weighted by molar-refractivity contribution is 9.10. The maximum absolute atomic E-state index is 12.6. The zero-order valence-electron chi connectivity index (χ0n) is 11.9. The van der Waals surface area contributed by atoms with Gasteiger partial charge < -0.3 is 10.4 Å². The molecule has 1 aliphatic rings. The van der Waals surface area contributed by atoms with E-state index in [-0.39, 0.29) is 24.6 Å². The smallest absolute Gasteiger partial charge is 0.389 e. The Morgan fingerprint density at radius 1 is 1.27 bits per heavy atom. The first kappa shape index (κ1) is 19.5. The summed E-state index contributed by atoms with van der Waals surface area (Å²) in [4.78, 5) is 2.01. The van der Waals surface area contributed by atoms with E-state index in [0.717, 1.165) is 13.1 Å². The molecular formula is C14H19BrClF3N2O. The number of phenolic OH excluding ortho intramolecular Hbond substituents is 1. The fraction of sp³-hybridized carbons (Fsp3) is 0.571. The minimum atomic E-state index is -4.18. The quantitative estimate of drug-likeness (QED) is 0.801. The van der Waals surface area contributed by atoms with E-state index >= 15 is 0 Å². The number of piperazine rings is 1. The zero-order chi connectivity index (χ0) is 15.5. The van der Waals surface area contributed by atoms with Crippen LogP contribution in [0.3, 0.4) is 0 Å². The molecular weight excluding hydrogens is 385 g/mol. The summed E-state index contributed by atoms with van der Waals surface area (Å²) in [5.41, 5.74) is 0.560. The van der Waals surface area contributed by atoms with Crippen LogP contribution in [0.15, 0.2) is 22.7 Å². The fourth-order valence-electron chi connectivity index (χ4n) is 2.63. The maximum atomic E-state index is 12.6. The van der Waals surface area contributed by atoms with Crippen LogP contribution in [-0.2, 0) is 0 Å². The molecule has 1 aromatic rings. The van der Waals surface area contributed by atoms with Gasteiger partial charge >= 0.3 is 6.18 Å². The molecule has 1 fully saturated rings. The molecule has 126 valence electrons. The average molecular weight is 404 g/mol. The lowest BCUT2D eigenvalue weighted by atomic mass is 9.98. The molecule has 3 nitrogen and oxygen atoms in total. The van der Waals surface area contributed by atoms with Crippen LogP contribution in [0.5, 0.6) is 5.75 Å². The Bertz CT molecular complexity index is 482. The Kier molecular flexibility index (Phi) is 7.45. The summed E-state index contributed by atoms with van der Waals surface area (Å²) in [6.45, 7) is 2.86. The van der Waals surface area contributed by atoms with Crippen molar-refractivity contribution in [3.05, 3.63) is 28.2 Å². The first-order chi connectivity index (χ1) is 9.87. The van der Waals surface area contributed by atoms with E-state index in [1.165, 1.54) is 6.07 Å². The highest BCUT2D eigenvalue weighted by atomic mass is 79.9. The van der Waals surface area contributed by atoms with Crippen molar-refractivity contribution in [3.63, 3.8) is 0 Å². The van der Waals surface area contributed by atoms with Crippen LogP contribution in [0.4, 0.5) is 13.2 Å². The molecule has 0 unspecified atom stereocenters. The topological polar surface area (TPSA) is 35.5 Å². The molecule has 0 saturated carbocycles. The first-order valence-corrected chi connectivity index (χ1v) is 7.66. The first-order valence-electron chi connectivity index (χ1n) is 6.87. The predicted molar refractivity (Wildman–Crippen MR) is 85.5 cm³/mol. The second kappa shape index (κ2) is 8.38. The lowest BCUT2D eigenvalue weighted by Gasteiger charge is -2.35. The van der Waals surface area contributed by atoms with Gasteiger partial charge in [0.15, 0.2) is 0 Å². The summed E-state index contributed by atoms with van der Waals surface area (Å²) in [5.74, 6) is 0.0371. The zero-order valence-corrected chi connectivity index (χ0v) is 14.3. The minimum absolute atomic E-state index is 0. The summed E-state index contributed by atoms with van der Waals surface area (Å²) in [7, 11) is 0. The lowest BCUT2D eigenvalue weighted by Crippen LogP contribution is -2.45. The van der Waals surface area contributed by atoms with Gasteiger partial charge in [-0.2, -0.15) is 13.2 Å². The summed E-state index contributed by atoms with van der Waals surface area (Å²) in [6, 6.07) is 4.56. The molecule has 0 amide bonds. The number of aromatic hydroxyl groups is 1. The lowest BCUT2D eigenvalue weighted by molar-refractivity contribution is -0.138. The molecule has 1 saturated heterocycles. The molecule has 8 heteroatoms. The van der Waals surface area contributed by atoms with Crippen LogP contribution in [0.2, 0.25) is 0 Å². The average Bonchev–Trinajstić information content (AvgIpc) is 2.41. The normalized spacial score (nSPS) is 17.8.